The van der Waals surface area contributed by atoms with Crippen molar-refractivity contribution >= 4 is 28.5 Å². The van der Waals surface area contributed by atoms with Crippen LogP contribution in [0.1, 0.15) is 50.2 Å². The van der Waals surface area contributed by atoms with Crippen molar-refractivity contribution in [1.29, 1.82) is 0 Å². The van der Waals surface area contributed by atoms with Crippen molar-refractivity contribution in [3.8, 4) is 0 Å². The van der Waals surface area contributed by atoms with E-state index in [4.69, 9.17) is 0 Å². The summed E-state index contributed by atoms with van der Waals surface area (Å²) in [6.45, 7) is 2.14. The fraction of sp³-hybridized carbons (Fsp3) is 0.471. The number of nitrogens with one attached hydrogen (secondary N) is 1. The standard InChI is InChI=1S/C17H21N3OS/c1-2-3-11-15-16(21)18-17(22-15)20-19-14-10-6-8-12-7-4-5-9-13(12)14/h4-5,7,9,15H,2-3,6,8,10-11H2,1H3,(H,18,20,21). The molecule has 1 heterocycles. The Bertz CT molecular complexity index is 624. The third-order valence-corrected chi connectivity index (χ3v) is 5.19. The first-order valence-corrected chi connectivity index (χ1v) is 8.86. The van der Waals surface area contributed by atoms with E-state index in [2.05, 4.69) is 40.6 Å². The molecule has 0 spiro atoms. The molecule has 3 rings (SSSR count). The van der Waals surface area contributed by atoms with Crippen molar-refractivity contribution in [3.63, 3.8) is 0 Å². The highest BCUT2D eigenvalue weighted by Crippen LogP contribution is 2.25. The third-order valence-electron chi connectivity index (χ3n) is 4.05. The second-order valence-electron chi connectivity index (χ2n) is 5.70. The number of carbonyl (C=O) groups excluding carboxylic acids is 1. The van der Waals surface area contributed by atoms with Gasteiger partial charge < -0.3 is 5.32 Å². The molecule has 1 aromatic carbocycles. The van der Waals surface area contributed by atoms with Gasteiger partial charge in [-0.1, -0.05) is 55.8 Å². The predicted molar refractivity (Wildman–Crippen MR) is 92.4 cm³/mol. The average Bonchev–Trinajstić information content (AvgIpc) is 2.91. The van der Waals surface area contributed by atoms with Crippen LogP contribution in [-0.4, -0.2) is 22.0 Å². The van der Waals surface area contributed by atoms with E-state index in [1.54, 1.807) is 0 Å². The summed E-state index contributed by atoms with van der Waals surface area (Å²) >= 11 is 1.51. The molecule has 0 aromatic heterocycles. The number of unbranched alkanes of at least 4 members (excludes halogenated alkanes) is 1. The summed E-state index contributed by atoms with van der Waals surface area (Å²) in [5.41, 5.74) is 3.58. The lowest BCUT2D eigenvalue weighted by atomic mass is 9.90. The fourth-order valence-corrected chi connectivity index (χ4v) is 3.81. The van der Waals surface area contributed by atoms with Crippen molar-refractivity contribution in [2.24, 2.45) is 10.2 Å². The molecule has 5 heteroatoms. The van der Waals surface area contributed by atoms with Gasteiger partial charge in [0.05, 0.1) is 11.0 Å². The monoisotopic (exact) mass is 315 g/mol. The van der Waals surface area contributed by atoms with E-state index in [1.807, 2.05) is 6.07 Å². The summed E-state index contributed by atoms with van der Waals surface area (Å²) < 4.78 is 0. The largest absolute Gasteiger partial charge is 0.303 e. The molecule has 2 aliphatic rings. The second kappa shape index (κ2) is 7.09. The van der Waals surface area contributed by atoms with Gasteiger partial charge >= 0.3 is 0 Å². The molecular formula is C17H21N3OS. The van der Waals surface area contributed by atoms with Crippen molar-refractivity contribution in [3.05, 3.63) is 35.4 Å². The summed E-state index contributed by atoms with van der Waals surface area (Å²) in [5.74, 6) is 0.0708. The molecule has 1 atom stereocenters. The minimum absolute atomic E-state index is 0.00228. The van der Waals surface area contributed by atoms with E-state index in [9.17, 15) is 4.79 Å². The van der Waals surface area contributed by atoms with Gasteiger partial charge in [0.15, 0.2) is 5.17 Å². The third kappa shape index (κ3) is 3.40. The van der Waals surface area contributed by atoms with Crippen LogP contribution in [0.25, 0.3) is 0 Å². The number of hydrogen-bond donors (Lipinski definition) is 1. The quantitative estimate of drug-likeness (QED) is 0.865. The summed E-state index contributed by atoms with van der Waals surface area (Å²) in [6.07, 6.45) is 6.25. The molecule has 1 unspecified atom stereocenters. The van der Waals surface area contributed by atoms with Crippen LogP contribution >= 0.6 is 11.8 Å². The number of hydrogen-bond acceptors (Lipinski definition) is 4. The molecular weight excluding hydrogens is 294 g/mol. The maximum Gasteiger partial charge on any atom is 0.239 e. The summed E-state index contributed by atoms with van der Waals surface area (Å²) in [7, 11) is 0. The molecule has 1 aromatic rings. The molecule has 1 fully saturated rings. The molecule has 4 nitrogen and oxygen atoms in total. The Morgan fingerprint density at radius 3 is 3.00 bits per heavy atom. The Balaban J connectivity index is 1.73. The van der Waals surface area contributed by atoms with Crippen LogP contribution < -0.4 is 5.32 Å². The Morgan fingerprint density at radius 1 is 1.27 bits per heavy atom. The number of amides is 1. The normalized spacial score (nSPS) is 24.6. The van der Waals surface area contributed by atoms with E-state index in [1.165, 1.54) is 22.9 Å². The fourth-order valence-electron chi connectivity index (χ4n) is 2.84. The predicted octanol–water partition coefficient (Wildman–Crippen LogP) is 3.50. The maximum absolute atomic E-state index is 11.9. The van der Waals surface area contributed by atoms with Gasteiger partial charge in [0, 0.05) is 5.56 Å². The van der Waals surface area contributed by atoms with Gasteiger partial charge in [0.2, 0.25) is 5.91 Å². The van der Waals surface area contributed by atoms with Crippen molar-refractivity contribution in [2.75, 3.05) is 0 Å². The first kappa shape index (κ1) is 15.3. The number of nitrogens with zero attached hydrogens (tertiary/aromatic N) is 2. The van der Waals surface area contributed by atoms with Crippen LogP contribution in [0.2, 0.25) is 0 Å². The smallest absolute Gasteiger partial charge is 0.239 e. The van der Waals surface area contributed by atoms with Gasteiger partial charge in [0.1, 0.15) is 0 Å². The van der Waals surface area contributed by atoms with Gasteiger partial charge in [-0.25, -0.2) is 0 Å². The average molecular weight is 315 g/mol. The lowest BCUT2D eigenvalue weighted by Gasteiger charge is -2.16. The molecule has 1 saturated heterocycles. The highest BCUT2D eigenvalue weighted by atomic mass is 32.2. The molecule has 116 valence electrons. The SMILES string of the molecule is CCCCC1SC(=NN=C2CCCc3ccccc32)NC1=O. The number of rotatable bonds is 4. The molecule has 1 aliphatic carbocycles. The van der Waals surface area contributed by atoms with Crippen LogP contribution in [0.3, 0.4) is 0 Å². The van der Waals surface area contributed by atoms with E-state index in [0.717, 1.165) is 44.2 Å². The highest BCUT2D eigenvalue weighted by Gasteiger charge is 2.29. The molecule has 1 amide bonds. The molecule has 0 saturated carbocycles. The Hall–Kier alpha value is -1.62. The Labute approximate surface area is 135 Å². The van der Waals surface area contributed by atoms with Gasteiger partial charge in [-0.3, -0.25) is 4.79 Å². The maximum atomic E-state index is 11.9. The number of fused-ring (bicyclic) bond motifs is 1. The minimum atomic E-state index is -0.00228. The zero-order valence-corrected chi connectivity index (χ0v) is 13.7. The highest BCUT2D eigenvalue weighted by molar-refractivity contribution is 8.15. The van der Waals surface area contributed by atoms with Crippen molar-refractivity contribution < 1.29 is 4.79 Å². The number of amidine groups is 1. The molecule has 0 radical (unpaired) electrons. The number of aryl methyl sites for hydroxylation is 1. The van der Waals surface area contributed by atoms with Crippen molar-refractivity contribution in [1.82, 2.24) is 5.32 Å². The van der Waals surface area contributed by atoms with E-state index < -0.39 is 0 Å². The summed E-state index contributed by atoms with van der Waals surface area (Å²) in [4.78, 5) is 11.9. The zero-order chi connectivity index (χ0) is 15.4. The minimum Gasteiger partial charge on any atom is -0.303 e. The van der Waals surface area contributed by atoms with Gasteiger partial charge in [-0.05, 0) is 31.2 Å². The molecule has 1 N–H and O–H groups in total. The van der Waals surface area contributed by atoms with Gasteiger partial charge in [0.25, 0.3) is 0 Å². The Kier molecular flexibility index (Phi) is 4.93. The lowest BCUT2D eigenvalue weighted by Crippen LogP contribution is -2.24. The number of carbonyl (C=O) groups is 1. The van der Waals surface area contributed by atoms with Crippen LogP contribution in [-0.2, 0) is 11.2 Å². The number of benzene rings is 1. The molecule has 0 bridgehead atoms. The number of thioether (sulfide) groups is 1. The van der Waals surface area contributed by atoms with Crippen LogP contribution in [0.5, 0.6) is 0 Å². The topological polar surface area (TPSA) is 53.8 Å². The molecule has 1 aliphatic heterocycles. The van der Waals surface area contributed by atoms with E-state index in [-0.39, 0.29) is 11.2 Å². The first-order chi connectivity index (χ1) is 10.8. The second-order valence-corrected chi connectivity index (χ2v) is 6.89. The van der Waals surface area contributed by atoms with Crippen LogP contribution in [0.4, 0.5) is 0 Å². The zero-order valence-electron chi connectivity index (χ0n) is 12.8. The molecule has 22 heavy (non-hydrogen) atoms. The summed E-state index contributed by atoms with van der Waals surface area (Å²) in [6, 6.07) is 8.38. The summed E-state index contributed by atoms with van der Waals surface area (Å²) in [5, 5.41) is 12.2. The van der Waals surface area contributed by atoms with Crippen molar-refractivity contribution in [2.45, 2.75) is 50.7 Å². The first-order valence-electron chi connectivity index (χ1n) is 7.98. The van der Waals surface area contributed by atoms with Gasteiger partial charge in [-0.2, -0.15) is 5.10 Å². The van der Waals surface area contributed by atoms with Crippen LogP contribution in [0.15, 0.2) is 34.5 Å². The van der Waals surface area contributed by atoms with E-state index in [0.29, 0.717) is 5.17 Å². The Morgan fingerprint density at radius 2 is 2.14 bits per heavy atom. The lowest BCUT2D eigenvalue weighted by molar-refractivity contribution is -0.118. The van der Waals surface area contributed by atoms with Gasteiger partial charge in [-0.15, -0.1) is 5.10 Å². The van der Waals surface area contributed by atoms with Crippen LogP contribution in [0, 0.1) is 0 Å². The van der Waals surface area contributed by atoms with E-state index >= 15 is 0 Å².